The Morgan fingerprint density at radius 1 is 1.39 bits per heavy atom. The van der Waals surface area contributed by atoms with E-state index in [2.05, 4.69) is 11.9 Å². The summed E-state index contributed by atoms with van der Waals surface area (Å²) in [6.45, 7) is 6.00. The molecule has 1 atom stereocenters. The van der Waals surface area contributed by atoms with Crippen molar-refractivity contribution in [3.8, 4) is 0 Å². The molecule has 1 saturated heterocycles. The lowest BCUT2D eigenvalue weighted by molar-refractivity contribution is 0.206. The van der Waals surface area contributed by atoms with Gasteiger partial charge in [0.25, 0.3) is 0 Å². The standard InChI is InChI=1S/C13H15F3N2/c1-2-11-8-18(4-3-17-11)7-9-5-10(14)6-12(15)13(9)16/h2,5-6,11,17H,1,3-4,7-8H2. The summed E-state index contributed by atoms with van der Waals surface area (Å²) < 4.78 is 39.6. The highest BCUT2D eigenvalue weighted by Gasteiger charge is 2.19. The molecule has 98 valence electrons. The molecule has 1 aromatic carbocycles. The monoisotopic (exact) mass is 256 g/mol. The minimum Gasteiger partial charge on any atom is -0.308 e. The van der Waals surface area contributed by atoms with Gasteiger partial charge in [0.1, 0.15) is 5.82 Å². The summed E-state index contributed by atoms with van der Waals surface area (Å²) in [4.78, 5) is 1.94. The van der Waals surface area contributed by atoms with Gasteiger partial charge in [0.05, 0.1) is 0 Å². The summed E-state index contributed by atoms with van der Waals surface area (Å²) in [5, 5.41) is 3.22. The second-order valence-corrected chi connectivity index (χ2v) is 4.39. The van der Waals surface area contributed by atoms with E-state index in [0.29, 0.717) is 19.2 Å². The first-order valence-electron chi connectivity index (χ1n) is 5.82. The first-order valence-corrected chi connectivity index (χ1v) is 5.82. The molecule has 0 amide bonds. The summed E-state index contributed by atoms with van der Waals surface area (Å²) in [5.41, 5.74) is 0.0530. The Morgan fingerprint density at radius 2 is 2.17 bits per heavy atom. The Labute approximate surface area is 104 Å². The molecule has 1 aromatic rings. The van der Waals surface area contributed by atoms with E-state index >= 15 is 0 Å². The Hall–Kier alpha value is -1.33. The van der Waals surface area contributed by atoms with Gasteiger partial charge >= 0.3 is 0 Å². The van der Waals surface area contributed by atoms with Crippen LogP contribution in [-0.2, 0) is 6.54 Å². The summed E-state index contributed by atoms with van der Waals surface area (Å²) in [5.74, 6) is -2.86. The van der Waals surface area contributed by atoms with E-state index in [9.17, 15) is 13.2 Å². The van der Waals surface area contributed by atoms with Crippen molar-refractivity contribution < 1.29 is 13.2 Å². The van der Waals surface area contributed by atoms with Crippen LogP contribution in [0.3, 0.4) is 0 Å². The third-order valence-corrected chi connectivity index (χ3v) is 3.04. The lowest BCUT2D eigenvalue weighted by Crippen LogP contribution is -2.49. The van der Waals surface area contributed by atoms with Gasteiger partial charge in [-0.1, -0.05) is 6.08 Å². The Balaban J connectivity index is 2.11. The van der Waals surface area contributed by atoms with Crippen molar-refractivity contribution in [1.29, 1.82) is 0 Å². The molecule has 1 aliphatic heterocycles. The van der Waals surface area contributed by atoms with Crippen LogP contribution >= 0.6 is 0 Å². The lowest BCUT2D eigenvalue weighted by atomic mass is 10.1. The molecule has 1 aliphatic rings. The first-order chi connectivity index (χ1) is 8.60. The number of halogens is 3. The maximum Gasteiger partial charge on any atom is 0.163 e. The molecule has 1 unspecified atom stereocenters. The van der Waals surface area contributed by atoms with E-state index in [0.717, 1.165) is 12.6 Å². The van der Waals surface area contributed by atoms with Gasteiger partial charge in [-0.2, -0.15) is 0 Å². The third-order valence-electron chi connectivity index (χ3n) is 3.04. The number of hydrogen-bond acceptors (Lipinski definition) is 2. The molecule has 1 N–H and O–H groups in total. The first kappa shape index (κ1) is 13.1. The maximum atomic E-state index is 13.5. The highest BCUT2D eigenvalue weighted by atomic mass is 19.2. The van der Waals surface area contributed by atoms with Crippen LogP contribution in [0.5, 0.6) is 0 Å². The molecule has 18 heavy (non-hydrogen) atoms. The van der Waals surface area contributed by atoms with Crippen molar-refractivity contribution in [2.75, 3.05) is 19.6 Å². The Bertz CT molecular complexity index is 448. The van der Waals surface area contributed by atoms with Gasteiger partial charge in [0.2, 0.25) is 0 Å². The fraction of sp³-hybridized carbons (Fsp3) is 0.385. The van der Waals surface area contributed by atoms with Crippen LogP contribution in [0.2, 0.25) is 0 Å². The van der Waals surface area contributed by atoms with Crippen LogP contribution in [0, 0.1) is 17.5 Å². The largest absolute Gasteiger partial charge is 0.308 e. The van der Waals surface area contributed by atoms with E-state index < -0.39 is 17.5 Å². The highest BCUT2D eigenvalue weighted by molar-refractivity contribution is 5.20. The molecular formula is C13H15F3N2. The molecule has 1 heterocycles. The number of nitrogens with zero attached hydrogens (tertiary/aromatic N) is 1. The van der Waals surface area contributed by atoms with Gasteiger partial charge in [-0.25, -0.2) is 13.2 Å². The zero-order valence-corrected chi connectivity index (χ0v) is 9.93. The van der Waals surface area contributed by atoms with Gasteiger partial charge in [-0.05, 0) is 6.07 Å². The topological polar surface area (TPSA) is 15.3 Å². The van der Waals surface area contributed by atoms with Gasteiger partial charge < -0.3 is 5.32 Å². The van der Waals surface area contributed by atoms with Gasteiger partial charge in [0.15, 0.2) is 11.6 Å². The van der Waals surface area contributed by atoms with Gasteiger partial charge in [-0.3, -0.25) is 4.90 Å². The van der Waals surface area contributed by atoms with Crippen molar-refractivity contribution in [3.05, 3.63) is 47.8 Å². The van der Waals surface area contributed by atoms with Crippen molar-refractivity contribution in [2.45, 2.75) is 12.6 Å². The van der Waals surface area contributed by atoms with E-state index in [1.54, 1.807) is 6.08 Å². The van der Waals surface area contributed by atoms with E-state index in [-0.39, 0.29) is 18.2 Å². The third kappa shape index (κ3) is 2.91. The molecule has 0 saturated carbocycles. The molecular weight excluding hydrogens is 241 g/mol. The molecule has 0 bridgehead atoms. The smallest absolute Gasteiger partial charge is 0.163 e. The average molecular weight is 256 g/mol. The predicted molar refractivity (Wildman–Crippen MR) is 63.6 cm³/mol. The highest BCUT2D eigenvalue weighted by Crippen LogP contribution is 2.17. The molecule has 2 nitrogen and oxygen atoms in total. The van der Waals surface area contributed by atoms with E-state index in [4.69, 9.17) is 0 Å². The molecule has 0 aromatic heterocycles. The summed E-state index contributed by atoms with van der Waals surface area (Å²) >= 11 is 0. The minimum atomic E-state index is -1.14. The zero-order chi connectivity index (χ0) is 13.1. The maximum absolute atomic E-state index is 13.5. The van der Waals surface area contributed by atoms with E-state index in [1.807, 2.05) is 4.90 Å². The second-order valence-electron chi connectivity index (χ2n) is 4.39. The number of piperazine rings is 1. The Kier molecular flexibility index (Phi) is 4.04. The SMILES string of the molecule is C=CC1CN(Cc2cc(F)cc(F)c2F)CCN1. The van der Waals surface area contributed by atoms with Gasteiger partial charge in [0, 0.05) is 43.9 Å². The zero-order valence-electron chi connectivity index (χ0n) is 9.93. The normalized spacial score (nSPS) is 20.9. The van der Waals surface area contributed by atoms with Crippen LogP contribution in [0.1, 0.15) is 5.56 Å². The van der Waals surface area contributed by atoms with Crippen LogP contribution < -0.4 is 5.32 Å². The fourth-order valence-electron chi connectivity index (χ4n) is 2.11. The quantitative estimate of drug-likeness (QED) is 0.658. The second kappa shape index (κ2) is 5.54. The van der Waals surface area contributed by atoms with Gasteiger partial charge in [-0.15, -0.1) is 6.58 Å². The molecule has 2 rings (SSSR count). The van der Waals surface area contributed by atoms with Crippen molar-refractivity contribution in [3.63, 3.8) is 0 Å². The molecule has 1 fully saturated rings. The van der Waals surface area contributed by atoms with Crippen molar-refractivity contribution in [1.82, 2.24) is 10.2 Å². The Morgan fingerprint density at radius 3 is 2.89 bits per heavy atom. The van der Waals surface area contributed by atoms with E-state index in [1.165, 1.54) is 0 Å². The van der Waals surface area contributed by atoms with Crippen LogP contribution in [0.15, 0.2) is 24.8 Å². The summed E-state index contributed by atoms with van der Waals surface area (Å²) in [6.07, 6.45) is 1.77. The van der Waals surface area contributed by atoms with Crippen molar-refractivity contribution >= 4 is 0 Å². The molecule has 0 radical (unpaired) electrons. The summed E-state index contributed by atoms with van der Waals surface area (Å²) in [6, 6.07) is 1.73. The minimum absolute atomic E-state index is 0.0530. The fourth-order valence-corrected chi connectivity index (χ4v) is 2.11. The number of hydrogen-bond donors (Lipinski definition) is 1. The lowest BCUT2D eigenvalue weighted by Gasteiger charge is -2.32. The number of benzene rings is 1. The number of nitrogens with one attached hydrogen (secondary N) is 1. The van der Waals surface area contributed by atoms with Crippen LogP contribution in [-0.4, -0.2) is 30.6 Å². The molecule has 5 heteroatoms. The average Bonchev–Trinajstić information content (AvgIpc) is 2.35. The molecule has 0 aliphatic carbocycles. The van der Waals surface area contributed by atoms with Crippen molar-refractivity contribution in [2.24, 2.45) is 0 Å². The molecule has 0 spiro atoms. The summed E-state index contributed by atoms with van der Waals surface area (Å²) in [7, 11) is 0. The predicted octanol–water partition coefficient (Wildman–Crippen LogP) is 2.06. The van der Waals surface area contributed by atoms with Crippen LogP contribution in [0.25, 0.3) is 0 Å². The van der Waals surface area contributed by atoms with Crippen LogP contribution in [0.4, 0.5) is 13.2 Å². The number of rotatable bonds is 3.